The second-order valence-electron chi connectivity index (χ2n) is 5.05. The summed E-state index contributed by atoms with van der Waals surface area (Å²) >= 11 is 0. The predicted octanol–water partition coefficient (Wildman–Crippen LogP) is 3.74. The molecule has 3 rings (SSSR count). The number of hydrogen-bond acceptors (Lipinski definition) is 3. The van der Waals surface area contributed by atoms with E-state index in [4.69, 9.17) is 5.26 Å². The van der Waals surface area contributed by atoms with Crippen molar-refractivity contribution in [3.63, 3.8) is 0 Å². The molecule has 3 heteroatoms. The quantitative estimate of drug-likeness (QED) is 0.729. The van der Waals surface area contributed by atoms with E-state index in [0.29, 0.717) is 5.56 Å². The van der Waals surface area contributed by atoms with Gasteiger partial charge in [-0.1, -0.05) is 36.4 Å². The van der Waals surface area contributed by atoms with Crippen molar-refractivity contribution < 1.29 is 0 Å². The zero-order chi connectivity index (χ0) is 14.7. The van der Waals surface area contributed by atoms with E-state index in [1.807, 2.05) is 13.1 Å². The molecule has 0 N–H and O–H groups in total. The van der Waals surface area contributed by atoms with Crippen molar-refractivity contribution in [2.75, 3.05) is 11.9 Å². The molecule has 0 amide bonds. The van der Waals surface area contributed by atoms with Crippen LogP contribution in [0.4, 0.5) is 5.82 Å². The first kappa shape index (κ1) is 13.1. The average Bonchev–Trinajstić information content (AvgIpc) is 2.55. The SMILES string of the molecule is CN(Cc1ccc2ccccc2c1)c1ccc(C#N)cn1. The molecule has 1 aromatic heterocycles. The van der Waals surface area contributed by atoms with Gasteiger partial charge in [0.2, 0.25) is 0 Å². The topological polar surface area (TPSA) is 39.9 Å². The first-order valence-corrected chi connectivity index (χ1v) is 6.81. The maximum atomic E-state index is 8.80. The van der Waals surface area contributed by atoms with E-state index in [9.17, 15) is 0 Å². The van der Waals surface area contributed by atoms with E-state index in [2.05, 4.69) is 58.4 Å². The fraction of sp³-hybridized carbons (Fsp3) is 0.111. The Morgan fingerprint density at radius 1 is 1.05 bits per heavy atom. The van der Waals surface area contributed by atoms with Crippen molar-refractivity contribution in [3.8, 4) is 6.07 Å². The normalized spacial score (nSPS) is 10.3. The zero-order valence-electron chi connectivity index (χ0n) is 11.8. The molecule has 3 aromatic rings. The smallest absolute Gasteiger partial charge is 0.128 e. The van der Waals surface area contributed by atoms with Crippen molar-refractivity contribution in [2.24, 2.45) is 0 Å². The standard InChI is InChI=1S/C18H15N3/c1-21(18-9-7-15(11-19)12-20-18)13-14-6-8-16-4-2-3-5-17(16)10-14/h2-10,12H,13H2,1H3. The minimum absolute atomic E-state index is 0.581. The van der Waals surface area contributed by atoms with Crippen molar-refractivity contribution in [1.29, 1.82) is 5.26 Å². The molecule has 2 aromatic carbocycles. The molecular formula is C18H15N3. The Labute approximate surface area is 124 Å². The van der Waals surface area contributed by atoms with Gasteiger partial charge < -0.3 is 4.90 Å². The second kappa shape index (κ2) is 5.64. The summed E-state index contributed by atoms with van der Waals surface area (Å²) in [6.45, 7) is 0.781. The Bertz CT molecular complexity index is 801. The van der Waals surface area contributed by atoms with Crippen LogP contribution in [0.2, 0.25) is 0 Å². The van der Waals surface area contributed by atoms with Crippen LogP contribution in [0, 0.1) is 11.3 Å². The molecule has 0 fully saturated rings. The fourth-order valence-corrected chi connectivity index (χ4v) is 2.37. The number of fused-ring (bicyclic) bond motifs is 1. The summed E-state index contributed by atoms with van der Waals surface area (Å²) in [4.78, 5) is 6.39. The largest absolute Gasteiger partial charge is 0.355 e. The van der Waals surface area contributed by atoms with Gasteiger partial charge in [-0.2, -0.15) is 5.26 Å². The summed E-state index contributed by atoms with van der Waals surface area (Å²) in [5, 5.41) is 11.3. The minimum Gasteiger partial charge on any atom is -0.355 e. The third-order valence-electron chi connectivity index (χ3n) is 3.50. The molecule has 0 bridgehead atoms. The molecule has 3 nitrogen and oxygen atoms in total. The number of hydrogen-bond donors (Lipinski definition) is 0. The van der Waals surface area contributed by atoms with Crippen LogP contribution in [0.3, 0.4) is 0 Å². The van der Waals surface area contributed by atoms with Crippen molar-refractivity contribution >= 4 is 16.6 Å². The molecule has 0 aliphatic rings. The lowest BCUT2D eigenvalue weighted by atomic mass is 10.1. The van der Waals surface area contributed by atoms with Gasteiger partial charge >= 0.3 is 0 Å². The van der Waals surface area contributed by atoms with E-state index in [1.165, 1.54) is 16.3 Å². The maximum Gasteiger partial charge on any atom is 0.128 e. The molecule has 102 valence electrons. The number of benzene rings is 2. The maximum absolute atomic E-state index is 8.80. The lowest BCUT2D eigenvalue weighted by Crippen LogP contribution is -2.17. The molecule has 1 heterocycles. The van der Waals surface area contributed by atoms with Gasteiger partial charge in [-0.3, -0.25) is 0 Å². The molecule has 0 spiro atoms. The van der Waals surface area contributed by atoms with E-state index in [0.717, 1.165) is 12.4 Å². The number of rotatable bonds is 3. The first-order valence-electron chi connectivity index (χ1n) is 6.81. The number of nitriles is 1. The average molecular weight is 273 g/mol. The summed E-state index contributed by atoms with van der Waals surface area (Å²) < 4.78 is 0. The Hall–Kier alpha value is -2.86. The highest BCUT2D eigenvalue weighted by atomic mass is 15.2. The number of anilines is 1. The van der Waals surface area contributed by atoms with Gasteiger partial charge in [0.1, 0.15) is 11.9 Å². The molecule has 0 unspecified atom stereocenters. The predicted molar refractivity (Wildman–Crippen MR) is 85.0 cm³/mol. The van der Waals surface area contributed by atoms with Gasteiger partial charge in [0, 0.05) is 19.8 Å². The molecular weight excluding hydrogens is 258 g/mol. The fourth-order valence-electron chi connectivity index (χ4n) is 2.37. The van der Waals surface area contributed by atoms with Crippen LogP contribution in [0.15, 0.2) is 60.8 Å². The first-order chi connectivity index (χ1) is 10.3. The van der Waals surface area contributed by atoms with Gasteiger partial charge in [0.05, 0.1) is 5.56 Å². The molecule has 0 atom stereocenters. The van der Waals surface area contributed by atoms with Crippen LogP contribution in [-0.4, -0.2) is 12.0 Å². The van der Waals surface area contributed by atoms with E-state index >= 15 is 0 Å². The lowest BCUT2D eigenvalue weighted by Gasteiger charge is -2.18. The summed E-state index contributed by atoms with van der Waals surface area (Å²) in [6, 6.07) is 20.6. The van der Waals surface area contributed by atoms with Crippen LogP contribution >= 0.6 is 0 Å². The molecule has 0 aliphatic carbocycles. The molecule has 0 saturated heterocycles. The summed E-state index contributed by atoms with van der Waals surface area (Å²) in [5.41, 5.74) is 1.82. The molecule has 0 saturated carbocycles. The van der Waals surface area contributed by atoms with Crippen molar-refractivity contribution in [1.82, 2.24) is 4.98 Å². The number of pyridine rings is 1. The second-order valence-corrected chi connectivity index (χ2v) is 5.05. The molecule has 0 radical (unpaired) electrons. The van der Waals surface area contributed by atoms with E-state index in [1.54, 1.807) is 12.3 Å². The van der Waals surface area contributed by atoms with E-state index < -0.39 is 0 Å². The number of aromatic nitrogens is 1. The van der Waals surface area contributed by atoms with Crippen LogP contribution in [0.1, 0.15) is 11.1 Å². The Morgan fingerprint density at radius 3 is 2.57 bits per heavy atom. The van der Waals surface area contributed by atoms with E-state index in [-0.39, 0.29) is 0 Å². The highest BCUT2D eigenvalue weighted by molar-refractivity contribution is 5.83. The molecule has 0 aliphatic heterocycles. The van der Waals surface area contributed by atoms with Gasteiger partial charge in [-0.25, -0.2) is 4.98 Å². The highest BCUT2D eigenvalue weighted by Crippen LogP contribution is 2.18. The van der Waals surface area contributed by atoms with Crippen molar-refractivity contribution in [2.45, 2.75) is 6.54 Å². The lowest BCUT2D eigenvalue weighted by molar-refractivity contribution is 0.899. The van der Waals surface area contributed by atoms with Crippen molar-refractivity contribution in [3.05, 3.63) is 71.9 Å². The van der Waals surface area contributed by atoms with Crippen LogP contribution in [-0.2, 0) is 6.54 Å². The molecule has 21 heavy (non-hydrogen) atoms. The van der Waals surface area contributed by atoms with Crippen LogP contribution in [0.25, 0.3) is 10.8 Å². The van der Waals surface area contributed by atoms with Gasteiger partial charge in [-0.15, -0.1) is 0 Å². The summed E-state index contributed by atoms with van der Waals surface area (Å²) in [5.74, 6) is 0.863. The highest BCUT2D eigenvalue weighted by Gasteiger charge is 2.04. The third-order valence-corrected chi connectivity index (χ3v) is 3.50. The number of nitrogens with zero attached hydrogens (tertiary/aromatic N) is 3. The third kappa shape index (κ3) is 2.85. The van der Waals surface area contributed by atoms with Crippen LogP contribution in [0.5, 0.6) is 0 Å². The summed E-state index contributed by atoms with van der Waals surface area (Å²) in [7, 11) is 2.00. The van der Waals surface area contributed by atoms with Gasteiger partial charge in [0.15, 0.2) is 0 Å². The monoisotopic (exact) mass is 273 g/mol. The Kier molecular flexibility index (Phi) is 3.53. The van der Waals surface area contributed by atoms with Gasteiger partial charge in [-0.05, 0) is 34.5 Å². The Balaban J connectivity index is 1.81. The van der Waals surface area contributed by atoms with Gasteiger partial charge in [0.25, 0.3) is 0 Å². The minimum atomic E-state index is 0.581. The van der Waals surface area contributed by atoms with Crippen LogP contribution < -0.4 is 4.90 Å². The Morgan fingerprint density at radius 2 is 1.86 bits per heavy atom. The zero-order valence-corrected chi connectivity index (χ0v) is 11.8. The summed E-state index contributed by atoms with van der Waals surface area (Å²) in [6.07, 6.45) is 1.60.